The molecule has 0 saturated carbocycles. The van der Waals surface area contributed by atoms with E-state index in [1.54, 1.807) is 43.9 Å². The highest BCUT2D eigenvalue weighted by Gasteiger charge is 2.73. The van der Waals surface area contributed by atoms with Crippen molar-refractivity contribution in [1.82, 2.24) is 19.6 Å². The topological polar surface area (TPSA) is 47.1 Å². The molecule has 0 bridgehead atoms. The molecule has 2 heterocycles. The highest BCUT2D eigenvalue weighted by atomic mass is 16.2. The van der Waals surface area contributed by atoms with E-state index in [0.29, 0.717) is 26.2 Å². The van der Waals surface area contributed by atoms with Gasteiger partial charge in [-0.1, -0.05) is 24.3 Å². The number of urea groups is 2. The molecule has 2 aliphatic rings. The van der Waals surface area contributed by atoms with Gasteiger partial charge in [0.05, 0.1) is 0 Å². The fraction of sp³-hybridized carbons (Fsp3) is 0.444. The molecular weight excluding hydrogens is 304 g/mol. The lowest BCUT2D eigenvalue weighted by molar-refractivity contribution is -0.0272. The largest absolute Gasteiger partial charge is 0.324 e. The van der Waals surface area contributed by atoms with Crippen LogP contribution in [0, 0.1) is 0 Å². The van der Waals surface area contributed by atoms with Gasteiger partial charge in [0.15, 0.2) is 11.3 Å². The van der Waals surface area contributed by atoms with Gasteiger partial charge >= 0.3 is 12.1 Å². The van der Waals surface area contributed by atoms with E-state index in [1.807, 2.05) is 13.8 Å². The molecule has 2 rings (SSSR count). The summed E-state index contributed by atoms with van der Waals surface area (Å²) in [6, 6.07) is -0.286. The molecule has 2 saturated heterocycles. The normalized spacial score (nSPS) is 29.1. The fourth-order valence-electron chi connectivity index (χ4n) is 3.89. The van der Waals surface area contributed by atoms with Gasteiger partial charge in [-0.15, -0.1) is 26.3 Å². The minimum Gasteiger partial charge on any atom is -0.294 e. The third-order valence-corrected chi connectivity index (χ3v) is 5.17. The molecule has 0 aromatic rings. The molecule has 0 aliphatic carbocycles. The van der Waals surface area contributed by atoms with Crippen LogP contribution in [0.4, 0.5) is 9.59 Å². The number of carbonyl (C=O) groups excluding carboxylic acids is 2. The minimum absolute atomic E-state index is 0.143. The van der Waals surface area contributed by atoms with E-state index in [9.17, 15) is 9.59 Å². The van der Waals surface area contributed by atoms with Gasteiger partial charge in [0.2, 0.25) is 0 Å². The van der Waals surface area contributed by atoms with Crippen LogP contribution in [0.2, 0.25) is 0 Å². The zero-order chi connectivity index (χ0) is 18.1. The monoisotopic (exact) mass is 330 g/mol. The molecule has 0 unspecified atom stereocenters. The van der Waals surface area contributed by atoms with Crippen molar-refractivity contribution < 1.29 is 9.59 Å². The Morgan fingerprint density at radius 3 is 1.04 bits per heavy atom. The molecule has 6 heteroatoms. The average Bonchev–Trinajstić information content (AvgIpc) is 2.81. The number of carbonyl (C=O) groups is 2. The third kappa shape index (κ3) is 1.95. The lowest BCUT2D eigenvalue weighted by Gasteiger charge is -2.45. The predicted molar refractivity (Wildman–Crippen MR) is 95.2 cm³/mol. The van der Waals surface area contributed by atoms with Crippen LogP contribution >= 0.6 is 0 Å². The molecule has 0 spiro atoms. The molecule has 0 aromatic carbocycles. The molecule has 6 nitrogen and oxygen atoms in total. The van der Waals surface area contributed by atoms with Gasteiger partial charge in [0.25, 0.3) is 0 Å². The Kier molecular flexibility index (Phi) is 4.60. The first-order chi connectivity index (χ1) is 11.4. The van der Waals surface area contributed by atoms with E-state index < -0.39 is 11.3 Å². The van der Waals surface area contributed by atoms with E-state index in [1.165, 1.54) is 0 Å². The Morgan fingerprint density at radius 2 is 0.875 bits per heavy atom. The molecule has 0 aromatic heterocycles. The summed E-state index contributed by atoms with van der Waals surface area (Å²) in [6.07, 6.45) is 6.70. The number of fused-ring (bicyclic) bond motifs is 1. The Morgan fingerprint density at radius 1 is 0.667 bits per heavy atom. The molecule has 2 fully saturated rings. The number of hydrogen-bond donors (Lipinski definition) is 0. The average molecular weight is 330 g/mol. The van der Waals surface area contributed by atoms with E-state index in [2.05, 4.69) is 26.3 Å². The van der Waals surface area contributed by atoms with Crippen molar-refractivity contribution in [2.24, 2.45) is 0 Å². The van der Waals surface area contributed by atoms with E-state index in [4.69, 9.17) is 0 Å². The zero-order valence-electron chi connectivity index (χ0n) is 14.6. The van der Waals surface area contributed by atoms with Crippen molar-refractivity contribution in [3.05, 3.63) is 50.6 Å². The zero-order valence-corrected chi connectivity index (χ0v) is 14.6. The molecule has 0 N–H and O–H groups in total. The van der Waals surface area contributed by atoms with E-state index >= 15 is 0 Å². The lowest BCUT2D eigenvalue weighted by Crippen LogP contribution is -2.65. The van der Waals surface area contributed by atoms with Crippen molar-refractivity contribution in [2.45, 2.75) is 25.2 Å². The van der Waals surface area contributed by atoms with Crippen LogP contribution in [-0.4, -0.2) is 69.2 Å². The van der Waals surface area contributed by atoms with Gasteiger partial charge in [0, 0.05) is 26.2 Å². The van der Waals surface area contributed by atoms with Gasteiger partial charge < -0.3 is 0 Å². The van der Waals surface area contributed by atoms with Gasteiger partial charge in [0.1, 0.15) is 0 Å². The summed E-state index contributed by atoms with van der Waals surface area (Å²) in [5.74, 6) is 0. The number of hydrogen-bond acceptors (Lipinski definition) is 2. The summed E-state index contributed by atoms with van der Waals surface area (Å²) in [6.45, 7) is 20.3. The molecule has 4 amide bonds. The summed E-state index contributed by atoms with van der Waals surface area (Å²) in [7, 11) is 0. The predicted octanol–water partition coefficient (Wildman–Crippen LogP) is 2.64. The number of nitrogens with zero attached hydrogens (tertiary/aromatic N) is 4. The highest BCUT2D eigenvalue weighted by molar-refractivity contribution is 5.88. The van der Waals surface area contributed by atoms with Crippen LogP contribution in [0.25, 0.3) is 0 Å². The van der Waals surface area contributed by atoms with Crippen LogP contribution in [0.15, 0.2) is 50.6 Å². The minimum atomic E-state index is -0.852. The van der Waals surface area contributed by atoms with Crippen molar-refractivity contribution in [3.63, 3.8) is 0 Å². The summed E-state index contributed by atoms with van der Waals surface area (Å²) in [4.78, 5) is 32.9. The van der Waals surface area contributed by atoms with Gasteiger partial charge in [-0.25, -0.2) is 9.59 Å². The van der Waals surface area contributed by atoms with Crippen molar-refractivity contribution in [3.8, 4) is 0 Å². The second kappa shape index (κ2) is 6.19. The van der Waals surface area contributed by atoms with Crippen molar-refractivity contribution in [2.75, 3.05) is 26.2 Å². The van der Waals surface area contributed by atoms with Crippen molar-refractivity contribution >= 4 is 12.1 Å². The van der Waals surface area contributed by atoms with Crippen LogP contribution in [0.1, 0.15) is 13.8 Å². The molecule has 0 atom stereocenters. The smallest absolute Gasteiger partial charge is 0.294 e. The molecule has 0 radical (unpaired) electrons. The fourth-order valence-corrected chi connectivity index (χ4v) is 3.89. The summed E-state index contributed by atoms with van der Waals surface area (Å²) < 4.78 is 0. The van der Waals surface area contributed by atoms with Crippen LogP contribution in [0.3, 0.4) is 0 Å². The van der Waals surface area contributed by atoms with Crippen LogP contribution in [0.5, 0.6) is 0 Å². The maximum atomic E-state index is 13.1. The number of rotatable bonds is 8. The van der Waals surface area contributed by atoms with Crippen LogP contribution < -0.4 is 0 Å². The first-order valence-electron chi connectivity index (χ1n) is 7.98. The second-order valence-corrected chi connectivity index (χ2v) is 6.20. The lowest BCUT2D eigenvalue weighted by atomic mass is 9.94. The Bertz CT molecular complexity index is 506. The highest BCUT2D eigenvalue weighted by Crippen LogP contribution is 2.51. The summed E-state index contributed by atoms with van der Waals surface area (Å²) in [5, 5.41) is 0. The van der Waals surface area contributed by atoms with Gasteiger partial charge in [-0.3, -0.25) is 19.6 Å². The van der Waals surface area contributed by atoms with Crippen LogP contribution in [-0.2, 0) is 0 Å². The molecule has 130 valence electrons. The van der Waals surface area contributed by atoms with Gasteiger partial charge in [-0.2, -0.15) is 0 Å². The van der Waals surface area contributed by atoms with E-state index in [-0.39, 0.29) is 12.1 Å². The SMILES string of the molecule is C=CCN1C(=O)N(CC=C)C2(C)N(CC=C)C(=O)N(CC=C)C12C. The molecular formula is C18H26N4O2. The number of amides is 4. The Balaban J connectivity index is 2.70. The first kappa shape index (κ1) is 17.8. The second-order valence-electron chi connectivity index (χ2n) is 6.20. The third-order valence-electron chi connectivity index (χ3n) is 5.17. The maximum Gasteiger partial charge on any atom is 0.324 e. The first-order valence-corrected chi connectivity index (χ1v) is 7.98. The quantitative estimate of drug-likeness (QED) is 0.642. The molecule has 2 aliphatic heterocycles. The summed E-state index contributed by atoms with van der Waals surface area (Å²) >= 11 is 0. The standard InChI is InChI=1S/C18H26N4O2/c1-7-11-19-15(23)20(12-8-2)18(6)17(19,5)21(13-9-3)16(24)22(18)14-10-4/h7-10H,1-4,11-14H2,5-6H3. The maximum absolute atomic E-state index is 13.1. The Hall–Kier alpha value is -2.50. The van der Waals surface area contributed by atoms with E-state index in [0.717, 1.165) is 0 Å². The summed E-state index contributed by atoms with van der Waals surface area (Å²) in [5.41, 5.74) is -1.70. The Labute approximate surface area is 144 Å². The van der Waals surface area contributed by atoms with Gasteiger partial charge in [-0.05, 0) is 13.8 Å². The van der Waals surface area contributed by atoms with Crippen molar-refractivity contribution in [1.29, 1.82) is 0 Å². The molecule has 24 heavy (non-hydrogen) atoms.